The predicted octanol–water partition coefficient (Wildman–Crippen LogP) is 1.45. The molecule has 0 amide bonds. The summed E-state index contributed by atoms with van der Waals surface area (Å²) in [4.78, 5) is 0. The van der Waals surface area contributed by atoms with Gasteiger partial charge in [0.25, 0.3) is 0 Å². The lowest BCUT2D eigenvalue weighted by atomic mass is 11.6. The largest absolute Gasteiger partial charge is 0.472 e. The van der Waals surface area contributed by atoms with Gasteiger partial charge in [-0.3, -0.25) is 0 Å². The molecule has 1 atom stereocenters. The molecule has 0 aliphatic carbocycles. The molecular formula is C2H2ClF3OS. The highest BCUT2D eigenvalue weighted by Crippen LogP contribution is 2.20. The fourth-order valence-corrected chi connectivity index (χ4v) is 0.557. The fourth-order valence-electron chi connectivity index (χ4n) is 0.0619. The summed E-state index contributed by atoms with van der Waals surface area (Å²) in [6.45, 7) is 0. The van der Waals surface area contributed by atoms with E-state index in [-0.39, 0.29) is 0 Å². The van der Waals surface area contributed by atoms with Gasteiger partial charge < -0.3 is 0 Å². The van der Waals surface area contributed by atoms with Gasteiger partial charge in [0.1, 0.15) is 16.0 Å². The molecule has 50 valence electrons. The molecule has 0 spiro atoms. The van der Waals surface area contributed by atoms with E-state index in [1.54, 1.807) is 0 Å². The monoisotopic (exact) mass is 166 g/mol. The molecule has 0 aliphatic rings. The summed E-state index contributed by atoms with van der Waals surface area (Å²) in [7, 11) is -2.88. The molecule has 0 saturated carbocycles. The fraction of sp³-hybridized carbons (Fsp3) is 1.00. The standard InChI is InChI=1S/C2H2ClF3OS/c3-1-8(7)2(4,5)6/h1H2. The maximum atomic E-state index is 11.1. The molecule has 0 aromatic rings. The van der Waals surface area contributed by atoms with Gasteiger partial charge in [0.05, 0.1) is 0 Å². The van der Waals surface area contributed by atoms with Crippen LogP contribution < -0.4 is 0 Å². The van der Waals surface area contributed by atoms with Crippen LogP contribution in [-0.4, -0.2) is 14.9 Å². The van der Waals surface area contributed by atoms with Crippen LogP contribution in [0.3, 0.4) is 0 Å². The molecule has 0 aromatic heterocycles. The first-order chi connectivity index (χ1) is 3.48. The number of rotatable bonds is 1. The van der Waals surface area contributed by atoms with Gasteiger partial charge in [-0.15, -0.1) is 11.6 Å². The second kappa shape index (κ2) is 2.68. The van der Waals surface area contributed by atoms with Crippen LogP contribution in [0.1, 0.15) is 0 Å². The van der Waals surface area contributed by atoms with Gasteiger partial charge in [0.15, 0.2) is 0 Å². The van der Waals surface area contributed by atoms with Crippen molar-refractivity contribution in [1.82, 2.24) is 0 Å². The van der Waals surface area contributed by atoms with Crippen LogP contribution >= 0.6 is 11.6 Å². The molecule has 6 heteroatoms. The van der Waals surface area contributed by atoms with E-state index >= 15 is 0 Å². The Hall–Kier alpha value is 0.230. The third-order valence-corrected chi connectivity index (χ3v) is 1.67. The third-order valence-electron chi connectivity index (χ3n) is 0.357. The van der Waals surface area contributed by atoms with E-state index in [4.69, 9.17) is 0 Å². The molecule has 0 aromatic carbocycles. The van der Waals surface area contributed by atoms with Gasteiger partial charge in [0.2, 0.25) is 0 Å². The Morgan fingerprint density at radius 2 is 1.88 bits per heavy atom. The molecule has 0 saturated heterocycles. The maximum Gasteiger partial charge on any atom is 0.472 e. The smallest absolute Gasteiger partial charge is 0.249 e. The average Bonchev–Trinajstić information content (AvgIpc) is 1.62. The second-order valence-corrected chi connectivity index (χ2v) is 2.93. The Balaban J connectivity index is 3.82. The Kier molecular flexibility index (Phi) is 2.76. The number of halogens is 4. The Bertz CT molecular complexity index is 99.9. The van der Waals surface area contributed by atoms with Crippen molar-refractivity contribution in [2.75, 3.05) is 5.21 Å². The highest BCUT2D eigenvalue weighted by atomic mass is 35.5. The zero-order valence-corrected chi connectivity index (χ0v) is 5.11. The molecule has 8 heavy (non-hydrogen) atoms. The first kappa shape index (κ1) is 8.23. The van der Waals surface area contributed by atoms with E-state index in [1.807, 2.05) is 0 Å². The number of hydrogen-bond donors (Lipinski definition) is 0. The quantitative estimate of drug-likeness (QED) is 0.539. The van der Waals surface area contributed by atoms with Crippen LogP contribution in [-0.2, 0) is 10.8 Å². The van der Waals surface area contributed by atoms with Gasteiger partial charge in [-0.05, 0) is 0 Å². The predicted molar refractivity (Wildman–Crippen MR) is 24.9 cm³/mol. The SMILES string of the molecule is O=S(CCl)C(F)(F)F. The highest BCUT2D eigenvalue weighted by molar-refractivity contribution is 7.87. The Labute approximate surface area is 51.3 Å². The summed E-state index contributed by atoms with van der Waals surface area (Å²) in [5, 5.41) is -0.885. The van der Waals surface area contributed by atoms with Crippen molar-refractivity contribution in [1.29, 1.82) is 0 Å². The molecule has 0 bridgehead atoms. The molecule has 1 unspecified atom stereocenters. The summed E-state index contributed by atoms with van der Waals surface area (Å²) in [5.41, 5.74) is -4.65. The van der Waals surface area contributed by atoms with Crippen molar-refractivity contribution >= 4 is 22.4 Å². The molecule has 1 nitrogen and oxygen atoms in total. The lowest BCUT2D eigenvalue weighted by Crippen LogP contribution is -2.16. The lowest BCUT2D eigenvalue weighted by molar-refractivity contribution is -0.0380. The van der Waals surface area contributed by atoms with E-state index in [9.17, 15) is 17.4 Å². The van der Waals surface area contributed by atoms with Crippen molar-refractivity contribution in [3.8, 4) is 0 Å². The zero-order valence-electron chi connectivity index (χ0n) is 3.54. The number of hydrogen-bond acceptors (Lipinski definition) is 1. The molecule has 0 aliphatic heterocycles. The van der Waals surface area contributed by atoms with Gasteiger partial charge in [-0.1, -0.05) is 0 Å². The van der Waals surface area contributed by atoms with E-state index in [0.29, 0.717) is 0 Å². The molecule has 0 N–H and O–H groups in total. The molecule has 0 rings (SSSR count). The maximum absolute atomic E-state index is 11.1. The summed E-state index contributed by atoms with van der Waals surface area (Å²) < 4.78 is 42.9. The minimum absolute atomic E-state index is 0.885. The second-order valence-electron chi connectivity index (χ2n) is 0.900. The minimum Gasteiger partial charge on any atom is -0.249 e. The van der Waals surface area contributed by atoms with Crippen LogP contribution in [0.2, 0.25) is 0 Å². The van der Waals surface area contributed by atoms with Crippen molar-refractivity contribution in [2.24, 2.45) is 0 Å². The van der Waals surface area contributed by atoms with Gasteiger partial charge >= 0.3 is 5.51 Å². The van der Waals surface area contributed by atoms with Gasteiger partial charge in [-0.25, -0.2) is 4.21 Å². The summed E-state index contributed by atoms with van der Waals surface area (Å²) >= 11 is 4.62. The van der Waals surface area contributed by atoms with E-state index in [0.717, 1.165) is 0 Å². The topological polar surface area (TPSA) is 17.1 Å². The summed E-state index contributed by atoms with van der Waals surface area (Å²) in [5.74, 6) is 0. The van der Waals surface area contributed by atoms with E-state index in [2.05, 4.69) is 11.6 Å². The molecule has 0 fully saturated rings. The van der Waals surface area contributed by atoms with Crippen molar-refractivity contribution in [2.45, 2.75) is 5.51 Å². The summed E-state index contributed by atoms with van der Waals surface area (Å²) in [6.07, 6.45) is 0. The van der Waals surface area contributed by atoms with E-state index in [1.165, 1.54) is 0 Å². The van der Waals surface area contributed by atoms with Crippen LogP contribution in [0.15, 0.2) is 0 Å². The van der Waals surface area contributed by atoms with E-state index < -0.39 is 21.5 Å². The number of alkyl halides is 4. The first-order valence-corrected chi connectivity index (χ1v) is 3.35. The van der Waals surface area contributed by atoms with Crippen LogP contribution in [0.5, 0.6) is 0 Å². The Morgan fingerprint density at radius 3 is 1.88 bits per heavy atom. The van der Waals surface area contributed by atoms with Crippen LogP contribution in [0.25, 0.3) is 0 Å². The highest BCUT2D eigenvalue weighted by Gasteiger charge is 2.35. The van der Waals surface area contributed by atoms with Crippen molar-refractivity contribution < 1.29 is 17.4 Å². The molecule has 0 radical (unpaired) electrons. The first-order valence-electron chi connectivity index (χ1n) is 1.49. The molecular weight excluding hydrogens is 165 g/mol. The average molecular weight is 167 g/mol. The summed E-state index contributed by atoms with van der Waals surface area (Å²) in [6, 6.07) is 0. The normalized spacial score (nSPS) is 16.0. The zero-order chi connectivity index (χ0) is 6.78. The van der Waals surface area contributed by atoms with Crippen LogP contribution in [0, 0.1) is 0 Å². The lowest BCUT2D eigenvalue weighted by Gasteiger charge is -1.99. The Morgan fingerprint density at radius 1 is 1.50 bits per heavy atom. The van der Waals surface area contributed by atoms with Crippen molar-refractivity contribution in [3.63, 3.8) is 0 Å². The van der Waals surface area contributed by atoms with Crippen molar-refractivity contribution in [3.05, 3.63) is 0 Å². The minimum atomic E-state index is -4.65. The third kappa shape index (κ3) is 2.52. The molecule has 0 heterocycles. The van der Waals surface area contributed by atoms with Gasteiger partial charge in [0, 0.05) is 0 Å². The van der Waals surface area contributed by atoms with Gasteiger partial charge in [-0.2, -0.15) is 13.2 Å². The van der Waals surface area contributed by atoms with Crippen LogP contribution in [0.4, 0.5) is 13.2 Å².